The van der Waals surface area contributed by atoms with Crippen molar-refractivity contribution in [3.63, 3.8) is 0 Å². The number of nitrogens with zero attached hydrogens (tertiary/aromatic N) is 1. The molecular weight excluding hydrogens is 428 g/mol. The highest BCUT2D eigenvalue weighted by Gasteiger charge is 2.49. The maximum absolute atomic E-state index is 13.7. The Kier molecular flexibility index (Phi) is 5.03. The second kappa shape index (κ2) is 7.59. The summed E-state index contributed by atoms with van der Waals surface area (Å²) in [6.07, 6.45) is 0. The van der Waals surface area contributed by atoms with Crippen LogP contribution >= 0.6 is 0 Å². The third-order valence-electron chi connectivity index (χ3n) is 5.24. The van der Waals surface area contributed by atoms with Gasteiger partial charge in [0.2, 0.25) is 12.7 Å². The molecular formula is C21H17F2N3O6. The van der Waals surface area contributed by atoms with Crippen molar-refractivity contribution >= 4 is 29.3 Å². The molecule has 4 amide bonds. The Morgan fingerprint density at radius 2 is 1.81 bits per heavy atom. The van der Waals surface area contributed by atoms with Gasteiger partial charge >= 0.3 is 6.03 Å². The van der Waals surface area contributed by atoms with Gasteiger partial charge in [0.1, 0.15) is 12.1 Å². The molecule has 4 rings (SSSR count). The van der Waals surface area contributed by atoms with Crippen molar-refractivity contribution in [1.82, 2.24) is 10.2 Å². The summed E-state index contributed by atoms with van der Waals surface area (Å²) >= 11 is 0. The molecule has 2 aromatic rings. The lowest BCUT2D eigenvalue weighted by atomic mass is 9.92. The van der Waals surface area contributed by atoms with E-state index in [9.17, 15) is 28.0 Å². The van der Waals surface area contributed by atoms with Gasteiger partial charge in [-0.25, -0.2) is 13.6 Å². The zero-order chi connectivity index (χ0) is 23.2. The van der Waals surface area contributed by atoms with Crippen molar-refractivity contribution in [2.45, 2.75) is 19.4 Å². The lowest BCUT2D eigenvalue weighted by Gasteiger charge is -2.22. The van der Waals surface area contributed by atoms with E-state index in [1.165, 1.54) is 32.0 Å². The lowest BCUT2D eigenvalue weighted by Crippen LogP contribution is -2.42. The Bertz CT molecular complexity index is 1180. The molecule has 1 saturated heterocycles. The smallest absolute Gasteiger partial charge is 0.325 e. The lowest BCUT2D eigenvalue weighted by molar-refractivity contribution is -0.133. The van der Waals surface area contributed by atoms with Crippen LogP contribution in [0, 0.1) is 11.6 Å². The van der Waals surface area contributed by atoms with Crippen LogP contribution in [0.5, 0.6) is 11.5 Å². The van der Waals surface area contributed by atoms with Gasteiger partial charge in [0.15, 0.2) is 28.9 Å². The van der Waals surface area contributed by atoms with E-state index in [1.807, 2.05) is 0 Å². The van der Waals surface area contributed by atoms with E-state index in [2.05, 4.69) is 10.6 Å². The van der Waals surface area contributed by atoms with E-state index >= 15 is 0 Å². The molecule has 166 valence electrons. The van der Waals surface area contributed by atoms with Crippen LogP contribution in [-0.4, -0.2) is 41.9 Å². The summed E-state index contributed by atoms with van der Waals surface area (Å²) < 4.78 is 37.4. The predicted molar refractivity (Wildman–Crippen MR) is 105 cm³/mol. The van der Waals surface area contributed by atoms with E-state index in [1.54, 1.807) is 0 Å². The third-order valence-corrected chi connectivity index (χ3v) is 5.24. The predicted octanol–water partition coefficient (Wildman–Crippen LogP) is 2.30. The minimum Gasteiger partial charge on any atom is -0.454 e. The van der Waals surface area contributed by atoms with Crippen LogP contribution in [0.3, 0.4) is 0 Å². The highest BCUT2D eigenvalue weighted by Crippen LogP contribution is 2.37. The Morgan fingerprint density at radius 3 is 2.47 bits per heavy atom. The molecule has 0 saturated carbocycles. The van der Waals surface area contributed by atoms with Crippen molar-refractivity contribution in [2.75, 3.05) is 18.7 Å². The first-order valence-corrected chi connectivity index (χ1v) is 9.44. The molecule has 0 spiro atoms. The second-order valence-electron chi connectivity index (χ2n) is 7.43. The molecule has 9 nitrogen and oxygen atoms in total. The van der Waals surface area contributed by atoms with Crippen LogP contribution in [-0.2, 0) is 15.1 Å². The molecule has 1 fully saturated rings. The Labute approximate surface area is 180 Å². The number of benzene rings is 2. The Balaban J connectivity index is 1.54. The number of hydrogen-bond acceptors (Lipinski definition) is 6. The number of nitrogens with one attached hydrogen (secondary N) is 2. The number of carbonyl (C=O) groups excluding carboxylic acids is 4. The standard InChI is InChI=1S/C21H17F2N3O6/c1-10(27)12-6-16-17(32-9-31-16)7-15(12)24-18(28)8-26-19(29)21(2,25-20(26)30)11-3-4-13(22)14(23)5-11/h3-7H,8-9H2,1-2H3,(H,24,28)(H,25,30). The maximum atomic E-state index is 13.7. The van der Waals surface area contributed by atoms with Crippen molar-refractivity contribution in [2.24, 2.45) is 0 Å². The van der Waals surface area contributed by atoms with Gasteiger partial charge in [-0.3, -0.25) is 19.3 Å². The van der Waals surface area contributed by atoms with Crippen molar-refractivity contribution < 1.29 is 37.4 Å². The van der Waals surface area contributed by atoms with Gasteiger partial charge in [0.05, 0.1) is 5.69 Å². The summed E-state index contributed by atoms with van der Waals surface area (Å²) in [6.45, 7) is 1.92. The number of halogens is 2. The summed E-state index contributed by atoms with van der Waals surface area (Å²) in [6, 6.07) is 4.78. The minimum absolute atomic E-state index is 0.0206. The van der Waals surface area contributed by atoms with Crippen LogP contribution in [0.1, 0.15) is 29.8 Å². The summed E-state index contributed by atoms with van der Waals surface area (Å²) in [5.74, 6) is -3.53. The zero-order valence-electron chi connectivity index (χ0n) is 17.0. The van der Waals surface area contributed by atoms with Gasteiger partial charge in [-0.15, -0.1) is 0 Å². The first-order chi connectivity index (χ1) is 15.1. The van der Waals surface area contributed by atoms with E-state index in [0.717, 1.165) is 12.1 Å². The summed E-state index contributed by atoms with van der Waals surface area (Å²) in [7, 11) is 0. The largest absolute Gasteiger partial charge is 0.454 e. The zero-order valence-corrected chi connectivity index (χ0v) is 17.0. The number of ketones is 1. The fourth-order valence-corrected chi connectivity index (χ4v) is 3.51. The topological polar surface area (TPSA) is 114 Å². The summed E-state index contributed by atoms with van der Waals surface area (Å²) in [5.41, 5.74) is -1.38. The maximum Gasteiger partial charge on any atom is 0.325 e. The number of urea groups is 1. The molecule has 2 aliphatic rings. The molecule has 2 N–H and O–H groups in total. The van der Waals surface area contributed by atoms with Crippen molar-refractivity contribution in [3.8, 4) is 11.5 Å². The highest BCUT2D eigenvalue weighted by molar-refractivity contribution is 6.11. The van der Waals surface area contributed by atoms with Gasteiger partial charge in [-0.1, -0.05) is 6.07 Å². The molecule has 1 unspecified atom stereocenters. The molecule has 2 heterocycles. The van der Waals surface area contributed by atoms with Crippen molar-refractivity contribution in [3.05, 3.63) is 53.1 Å². The van der Waals surface area contributed by atoms with Gasteiger partial charge in [0, 0.05) is 11.6 Å². The monoisotopic (exact) mass is 445 g/mol. The molecule has 0 radical (unpaired) electrons. The number of ether oxygens (including phenoxy) is 2. The first kappa shape index (κ1) is 21.2. The molecule has 11 heteroatoms. The van der Waals surface area contributed by atoms with Crippen LogP contribution < -0.4 is 20.1 Å². The molecule has 0 aliphatic carbocycles. The number of fused-ring (bicyclic) bond motifs is 1. The Hall–Kier alpha value is -4.02. The van der Waals surface area contributed by atoms with E-state index < -0.39 is 41.6 Å². The highest BCUT2D eigenvalue weighted by atomic mass is 19.2. The number of Topliss-reactive ketones (excluding diaryl/α,β-unsaturated/α-hetero) is 1. The van der Waals surface area contributed by atoms with Gasteiger partial charge < -0.3 is 20.1 Å². The third kappa shape index (κ3) is 3.51. The van der Waals surface area contributed by atoms with Gasteiger partial charge in [-0.2, -0.15) is 0 Å². The number of hydrogen-bond donors (Lipinski definition) is 2. The molecule has 1 atom stereocenters. The molecule has 2 aromatic carbocycles. The quantitative estimate of drug-likeness (QED) is 0.539. The number of amides is 4. The Morgan fingerprint density at radius 1 is 1.12 bits per heavy atom. The fraction of sp³-hybridized carbons (Fsp3) is 0.238. The summed E-state index contributed by atoms with van der Waals surface area (Å²) in [4.78, 5) is 50.5. The van der Waals surface area contributed by atoms with Gasteiger partial charge in [0.25, 0.3) is 5.91 Å². The molecule has 32 heavy (non-hydrogen) atoms. The average Bonchev–Trinajstić information content (AvgIpc) is 3.27. The molecule has 0 aromatic heterocycles. The first-order valence-electron chi connectivity index (χ1n) is 9.44. The van der Waals surface area contributed by atoms with Crippen LogP contribution in [0.15, 0.2) is 30.3 Å². The van der Waals surface area contributed by atoms with Crippen molar-refractivity contribution in [1.29, 1.82) is 0 Å². The van der Waals surface area contributed by atoms with Crippen LogP contribution in [0.2, 0.25) is 0 Å². The SMILES string of the molecule is CC(=O)c1cc2c(cc1NC(=O)CN1C(=O)NC(C)(c3ccc(F)c(F)c3)C1=O)OCO2. The second-order valence-corrected chi connectivity index (χ2v) is 7.43. The van der Waals surface area contributed by atoms with E-state index in [4.69, 9.17) is 9.47 Å². The fourth-order valence-electron chi connectivity index (χ4n) is 3.51. The number of imide groups is 1. The van der Waals surface area contributed by atoms with E-state index in [-0.39, 0.29) is 29.4 Å². The number of carbonyl (C=O) groups is 4. The number of anilines is 1. The van der Waals surface area contributed by atoms with Crippen LogP contribution in [0.4, 0.5) is 19.3 Å². The summed E-state index contributed by atoms with van der Waals surface area (Å²) in [5, 5.41) is 4.90. The minimum atomic E-state index is -1.69. The number of rotatable bonds is 5. The molecule has 2 aliphatic heterocycles. The normalized spacial score (nSPS) is 19.2. The average molecular weight is 445 g/mol. The van der Waals surface area contributed by atoms with Gasteiger partial charge in [-0.05, 0) is 37.6 Å². The molecule has 0 bridgehead atoms. The van der Waals surface area contributed by atoms with Crippen LogP contribution in [0.25, 0.3) is 0 Å². The van der Waals surface area contributed by atoms with E-state index in [0.29, 0.717) is 16.4 Å².